The first-order valence-corrected chi connectivity index (χ1v) is 20.3. The summed E-state index contributed by atoms with van der Waals surface area (Å²) in [6.45, 7) is 1.23. The maximum Gasteiger partial charge on any atom is 0.322 e. The van der Waals surface area contributed by atoms with E-state index in [-0.39, 0.29) is 25.3 Å². The predicted molar refractivity (Wildman–Crippen MR) is 224 cm³/mol. The summed E-state index contributed by atoms with van der Waals surface area (Å²) >= 11 is 0. The Labute approximate surface area is 376 Å². The highest BCUT2D eigenvalue weighted by Crippen LogP contribution is 2.07. The molecule has 0 saturated carbocycles. The van der Waals surface area contributed by atoms with E-state index in [0.717, 1.165) is 20.8 Å². The van der Waals surface area contributed by atoms with Crippen LogP contribution in [-0.2, 0) is 57.5 Å². The highest BCUT2D eigenvalue weighted by Gasteiger charge is 2.35. The molecule has 0 aromatic carbocycles. The number of aliphatic imine (C=N–C) groups is 1. The van der Waals surface area contributed by atoms with Crippen molar-refractivity contribution in [3.63, 3.8) is 0 Å². The number of carbonyl (C=O) groups excluding carboxylic acids is 10. The van der Waals surface area contributed by atoms with E-state index < -0.39 is 158 Å². The lowest BCUT2D eigenvalue weighted by Gasteiger charge is -2.26. The largest absolute Gasteiger partial charge is 0.481 e. The second-order valence-corrected chi connectivity index (χ2v) is 14.9. The van der Waals surface area contributed by atoms with Crippen LogP contribution in [0.15, 0.2) is 4.99 Å². The van der Waals surface area contributed by atoms with Gasteiger partial charge in [0.1, 0.15) is 48.8 Å². The van der Waals surface area contributed by atoms with Gasteiger partial charge in [0.2, 0.25) is 59.1 Å². The summed E-state index contributed by atoms with van der Waals surface area (Å²) in [4.78, 5) is 154. The zero-order chi connectivity index (χ0) is 50.3. The molecule has 1 fully saturated rings. The Kier molecular flexibility index (Phi) is 24.6. The minimum atomic E-state index is -2.00. The van der Waals surface area contributed by atoms with Crippen LogP contribution in [0.1, 0.15) is 59.3 Å². The number of amides is 10. The van der Waals surface area contributed by atoms with Crippen LogP contribution >= 0.6 is 0 Å². The highest BCUT2D eigenvalue weighted by molar-refractivity contribution is 5.99. The lowest BCUT2D eigenvalue weighted by Crippen LogP contribution is -2.61. The summed E-state index contributed by atoms with van der Waals surface area (Å²) < 4.78 is 0. The van der Waals surface area contributed by atoms with E-state index in [1.165, 1.54) is 0 Å². The number of aliphatic carboxylic acids is 2. The van der Waals surface area contributed by atoms with E-state index in [9.17, 15) is 72.9 Å². The van der Waals surface area contributed by atoms with Crippen molar-refractivity contribution >= 4 is 77.0 Å². The van der Waals surface area contributed by atoms with Gasteiger partial charge < -0.3 is 90.8 Å². The molecule has 0 radical (unpaired) electrons. The molecule has 9 atom stereocenters. The molecule has 20 N–H and O–H groups in total. The van der Waals surface area contributed by atoms with Gasteiger partial charge in [0.15, 0.2) is 5.96 Å². The molecule has 0 spiro atoms. The molecular weight excluding hydrogens is 884 g/mol. The number of aliphatic hydroxyl groups excluding tert-OH is 2. The third-order valence-corrected chi connectivity index (χ3v) is 9.24. The first kappa shape index (κ1) is 56.8. The van der Waals surface area contributed by atoms with Crippen molar-refractivity contribution in [2.75, 3.05) is 32.8 Å². The van der Waals surface area contributed by atoms with Gasteiger partial charge in [-0.25, -0.2) is 0 Å². The number of rotatable bonds is 29. The molecule has 0 unspecified atom stereocenters. The van der Waals surface area contributed by atoms with Crippen LogP contribution in [0.2, 0.25) is 0 Å². The molecule has 370 valence electrons. The zero-order valence-corrected chi connectivity index (χ0v) is 36.3. The highest BCUT2D eigenvalue weighted by atomic mass is 16.4. The Morgan fingerprint density at radius 1 is 0.636 bits per heavy atom. The van der Waals surface area contributed by atoms with Crippen molar-refractivity contribution in [3.05, 3.63) is 0 Å². The van der Waals surface area contributed by atoms with E-state index in [1.54, 1.807) is 0 Å². The van der Waals surface area contributed by atoms with Crippen molar-refractivity contribution in [3.8, 4) is 0 Å². The topological polar surface area (TPSA) is 496 Å². The summed E-state index contributed by atoms with van der Waals surface area (Å²) in [7, 11) is 0. The number of carbonyl (C=O) groups is 12. The summed E-state index contributed by atoms with van der Waals surface area (Å²) in [5.41, 5.74) is 15.9. The van der Waals surface area contributed by atoms with Gasteiger partial charge >= 0.3 is 11.9 Å². The van der Waals surface area contributed by atoms with Crippen LogP contribution in [0.5, 0.6) is 0 Å². The minimum absolute atomic E-state index is 0.00567. The van der Waals surface area contributed by atoms with E-state index in [2.05, 4.69) is 42.2 Å². The lowest BCUT2D eigenvalue weighted by atomic mass is 10.1. The molecule has 1 heterocycles. The standard InChI is InChI=1S/C36H60N14O16/c1-15(28(59)43-13-26(57)58)45-35(66)27(17(3)52)50-33(64)21(11-25(55)56)48-34(65)22(14-51)49-29(60)16(2)44-32(63)19(7-5-9-41-36(38)39)46-24(54)12-42-30(61)20(10-23(37)53)47-31(62)18-6-4-8-40-18/h15-22,27,40,51-52H,4-14H2,1-3H3,(H2,37,53)(H,42,61)(H,43,59)(H,44,63)(H,45,66)(H,46,54)(H,47,62)(H,48,65)(H,49,60)(H,50,64)(H,55,56)(H,57,58)(H4,38,39,41)/t15-,16-,17+,18-,19-,20-,21-,22-,27-/m0/s1. The van der Waals surface area contributed by atoms with E-state index in [0.29, 0.717) is 19.4 Å². The molecule has 1 aliphatic heterocycles. The van der Waals surface area contributed by atoms with Gasteiger partial charge in [0, 0.05) is 6.54 Å². The molecule has 0 aromatic rings. The molecule has 0 aromatic heterocycles. The fourth-order valence-corrected chi connectivity index (χ4v) is 5.77. The Balaban J connectivity index is 3.04. The number of aliphatic hydroxyl groups is 2. The Morgan fingerprint density at radius 2 is 1.20 bits per heavy atom. The number of nitrogens with zero attached hydrogens (tertiary/aromatic N) is 1. The molecule has 10 amide bonds. The smallest absolute Gasteiger partial charge is 0.322 e. The Bertz CT molecular complexity index is 1820. The van der Waals surface area contributed by atoms with Crippen LogP contribution < -0.4 is 70.4 Å². The number of nitrogens with two attached hydrogens (primary N) is 3. The summed E-state index contributed by atoms with van der Waals surface area (Å²) in [5.74, 6) is -13.5. The number of carboxylic acid groups (broad SMARTS) is 2. The predicted octanol–water partition coefficient (Wildman–Crippen LogP) is -9.73. The van der Waals surface area contributed by atoms with Crippen molar-refractivity contribution in [1.29, 1.82) is 0 Å². The van der Waals surface area contributed by atoms with Gasteiger partial charge in [0.25, 0.3) is 0 Å². The van der Waals surface area contributed by atoms with Crippen molar-refractivity contribution in [2.24, 2.45) is 22.2 Å². The Morgan fingerprint density at radius 3 is 1.74 bits per heavy atom. The number of hydrogen-bond acceptors (Lipinski definition) is 16. The number of hydrogen-bond donors (Lipinski definition) is 17. The summed E-state index contributed by atoms with van der Waals surface area (Å²) in [5, 5.41) is 60.9. The number of guanidine groups is 1. The number of primary amides is 1. The number of nitrogens with one attached hydrogen (secondary N) is 10. The van der Waals surface area contributed by atoms with Crippen LogP contribution in [0.3, 0.4) is 0 Å². The normalized spacial score (nSPS) is 16.6. The molecular formula is C36H60N14O16. The number of carboxylic acids is 2. The molecule has 0 bridgehead atoms. The average molecular weight is 945 g/mol. The molecule has 66 heavy (non-hydrogen) atoms. The fraction of sp³-hybridized carbons (Fsp3) is 0.639. The first-order chi connectivity index (χ1) is 30.9. The van der Waals surface area contributed by atoms with Crippen LogP contribution in [0.4, 0.5) is 0 Å². The Hall–Kier alpha value is -7.21. The third kappa shape index (κ3) is 21.4. The maximum absolute atomic E-state index is 13.4. The van der Waals surface area contributed by atoms with Gasteiger partial charge in [-0.1, -0.05) is 0 Å². The molecule has 1 saturated heterocycles. The van der Waals surface area contributed by atoms with E-state index in [4.69, 9.17) is 22.3 Å². The second kappa shape index (κ2) is 28.6. The zero-order valence-electron chi connectivity index (χ0n) is 36.3. The van der Waals surface area contributed by atoms with Gasteiger partial charge in [-0.15, -0.1) is 0 Å². The molecule has 1 rings (SSSR count). The lowest BCUT2D eigenvalue weighted by molar-refractivity contribution is -0.142. The maximum atomic E-state index is 13.4. The van der Waals surface area contributed by atoms with Crippen molar-refractivity contribution in [1.82, 2.24) is 53.2 Å². The monoisotopic (exact) mass is 944 g/mol. The van der Waals surface area contributed by atoms with Crippen molar-refractivity contribution in [2.45, 2.75) is 114 Å². The third-order valence-electron chi connectivity index (χ3n) is 9.24. The molecule has 30 nitrogen and oxygen atoms in total. The SMILES string of the molecule is C[C@H](NC(=O)[C@H](CCCN=C(N)N)NC(=O)CNC(=O)[C@H](CC(N)=O)NC(=O)[C@@H]1CCCN1)C(=O)N[C@@H](CO)C(=O)N[C@@H](CC(=O)O)C(=O)N[C@H](C(=O)N[C@@H](C)C(=O)NCC(=O)O)[C@@H](C)O. The van der Waals surface area contributed by atoms with Gasteiger partial charge in [-0.2, -0.15) is 0 Å². The molecule has 0 aliphatic carbocycles. The average Bonchev–Trinajstić information content (AvgIpc) is 3.78. The van der Waals surface area contributed by atoms with Crippen LogP contribution in [0, 0.1) is 0 Å². The first-order valence-electron chi connectivity index (χ1n) is 20.3. The summed E-state index contributed by atoms with van der Waals surface area (Å²) in [6.07, 6.45) is -2.24. The van der Waals surface area contributed by atoms with Gasteiger partial charge in [-0.3, -0.25) is 62.5 Å². The molecule has 30 heteroatoms. The summed E-state index contributed by atoms with van der Waals surface area (Å²) in [6, 6.07) is -12.1. The van der Waals surface area contributed by atoms with Crippen molar-refractivity contribution < 1.29 is 78.0 Å². The van der Waals surface area contributed by atoms with Crippen LogP contribution in [-0.4, -0.2) is 185 Å². The molecule has 1 aliphatic rings. The second-order valence-electron chi connectivity index (χ2n) is 14.9. The van der Waals surface area contributed by atoms with Crippen LogP contribution in [0.25, 0.3) is 0 Å². The minimum Gasteiger partial charge on any atom is -0.481 e. The van der Waals surface area contributed by atoms with E-state index in [1.807, 2.05) is 16.0 Å². The fourth-order valence-electron chi connectivity index (χ4n) is 5.77. The van der Waals surface area contributed by atoms with Gasteiger partial charge in [0.05, 0.1) is 38.1 Å². The quantitative estimate of drug-likeness (QED) is 0.0188. The van der Waals surface area contributed by atoms with Gasteiger partial charge in [-0.05, 0) is 53.0 Å². The van der Waals surface area contributed by atoms with E-state index >= 15 is 0 Å².